The third-order valence-corrected chi connectivity index (χ3v) is 5.90. The molecule has 3 aromatic rings. The van der Waals surface area contributed by atoms with E-state index in [0.29, 0.717) is 43.1 Å². The topological polar surface area (TPSA) is 95.2 Å². The summed E-state index contributed by atoms with van der Waals surface area (Å²) in [6.45, 7) is 4.02. The maximum atomic E-state index is 13.1. The zero-order chi connectivity index (χ0) is 24.2. The van der Waals surface area contributed by atoms with Gasteiger partial charge in [0.1, 0.15) is 17.4 Å². The molecule has 9 nitrogen and oxygen atoms in total. The van der Waals surface area contributed by atoms with Gasteiger partial charge in [0.05, 0.1) is 24.1 Å². The number of nitrogens with zero attached hydrogens (tertiary/aromatic N) is 5. The zero-order valence-electron chi connectivity index (χ0n) is 19.1. The van der Waals surface area contributed by atoms with E-state index in [9.17, 15) is 13.6 Å². The highest BCUT2D eigenvalue weighted by Gasteiger charge is 2.27. The molecule has 1 saturated heterocycles. The molecule has 1 aromatic carbocycles. The number of fused-ring (bicyclic) bond motifs is 2. The lowest BCUT2D eigenvalue weighted by atomic mass is 10.1. The van der Waals surface area contributed by atoms with E-state index in [1.807, 2.05) is 19.1 Å². The number of alkyl halides is 2. The number of hydrogen-bond donors (Lipinski definition) is 2. The van der Waals surface area contributed by atoms with E-state index in [0.717, 1.165) is 30.5 Å². The van der Waals surface area contributed by atoms with Gasteiger partial charge < -0.3 is 20.1 Å². The Bertz CT molecular complexity index is 1150. The largest absolute Gasteiger partial charge is 0.490 e. The summed E-state index contributed by atoms with van der Waals surface area (Å²) in [6, 6.07) is 5.65. The van der Waals surface area contributed by atoms with Gasteiger partial charge in [0.25, 0.3) is 12.3 Å². The molecule has 1 fully saturated rings. The van der Waals surface area contributed by atoms with E-state index < -0.39 is 6.43 Å². The lowest BCUT2D eigenvalue weighted by Gasteiger charge is -2.37. The fourth-order valence-electron chi connectivity index (χ4n) is 4.36. The Labute approximate surface area is 195 Å². The number of amides is 1. The zero-order valence-corrected chi connectivity index (χ0v) is 19.1. The van der Waals surface area contributed by atoms with E-state index in [2.05, 4.69) is 20.3 Å². The van der Waals surface area contributed by atoms with Gasteiger partial charge in [0, 0.05) is 63.7 Å². The number of nitrogens with one attached hydrogen (secondary N) is 1. The molecular formula is C23H28F2N6O3. The predicted octanol–water partition coefficient (Wildman–Crippen LogP) is 2.30. The summed E-state index contributed by atoms with van der Waals surface area (Å²) in [7, 11) is 1.00. The number of rotatable bonds is 5. The molecular weight excluding hydrogens is 446 g/mol. The van der Waals surface area contributed by atoms with Gasteiger partial charge in [-0.2, -0.15) is 5.10 Å². The minimum absolute atomic E-state index is 0.0653. The van der Waals surface area contributed by atoms with Crippen molar-refractivity contribution in [1.29, 1.82) is 0 Å². The van der Waals surface area contributed by atoms with Crippen LogP contribution in [0.1, 0.15) is 22.8 Å². The number of aromatic nitrogens is 3. The van der Waals surface area contributed by atoms with Crippen molar-refractivity contribution in [2.24, 2.45) is 0 Å². The summed E-state index contributed by atoms with van der Waals surface area (Å²) in [6.07, 6.45) is 3.34. The van der Waals surface area contributed by atoms with Crippen molar-refractivity contribution >= 4 is 22.9 Å². The molecule has 11 heteroatoms. The van der Waals surface area contributed by atoms with E-state index >= 15 is 0 Å². The first kappa shape index (κ1) is 23.8. The van der Waals surface area contributed by atoms with Crippen LogP contribution in [0.25, 0.3) is 5.65 Å². The molecule has 0 bridgehead atoms. The van der Waals surface area contributed by atoms with E-state index in [1.54, 1.807) is 27.9 Å². The average Bonchev–Trinajstić information content (AvgIpc) is 3.42. The molecule has 2 N–H and O–H groups in total. The van der Waals surface area contributed by atoms with Crippen molar-refractivity contribution in [2.75, 3.05) is 50.1 Å². The first-order chi connectivity index (χ1) is 16.5. The third-order valence-electron chi connectivity index (χ3n) is 5.90. The highest BCUT2D eigenvalue weighted by Crippen LogP contribution is 2.39. The molecule has 0 radical (unpaired) electrons. The molecule has 1 atom stereocenters. The number of carbonyl (C=O) groups excluding carboxylic acids is 1. The highest BCUT2D eigenvalue weighted by atomic mass is 19.3. The monoisotopic (exact) mass is 474 g/mol. The van der Waals surface area contributed by atoms with Gasteiger partial charge in [-0.25, -0.2) is 18.3 Å². The molecule has 0 spiro atoms. The van der Waals surface area contributed by atoms with E-state index in [1.165, 1.54) is 6.20 Å². The number of anilines is 2. The molecule has 0 aliphatic carbocycles. The summed E-state index contributed by atoms with van der Waals surface area (Å²) < 4.78 is 33.0. The van der Waals surface area contributed by atoms with Crippen LogP contribution in [0.3, 0.4) is 0 Å². The van der Waals surface area contributed by atoms with Crippen LogP contribution in [-0.2, 0) is 6.42 Å². The van der Waals surface area contributed by atoms with Crippen LogP contribution in [0.2, 0.25) is 0 Å². The lowest BCUT2D eigenvalue weighted by Crippen LogP contribution is -2.48. The second-order valence-corrected chi connectivity index (χ2v) is 8.19. The van der Waals surface area contributed by atoms with Gasteiger partial charge in [-0.05, 0) is 19.1 Å². The smallest absolute Gasteiger partial charge is 0.261 e. The van der Waals surface area contributed by atoms with Crippen LogP contribution in [0.5, 0.6) is 5.75 Å². The molecule has 2 aliphatic heterocycles. The molecule has 2 aliphatic rings. The van der Waals surface area contributed by atoms with Gasteiger partial charge in [-0.15, -0.1) is 0 Å². The molecule has 2 aromatic heterocycles. The lowest BCUT2D eigenvalue weighted by molar-refractivity contribution is 0.0854. The third kappa shape index (κ3) is 4.95. The number of benzene rings is 1. The van der Waals surface area contributed by atoms with Crippen molar-refractivity contribution < 1.29 is 23.4 Å². The minimum Gasteiger partial charge on any atom is -0.490 e. The Morgan fingerprint density at radius 1 is 1.26 bits per heavy atom. The fourth-order valence-corrected chi connectivity index (χ4v) is 4.36. The van der Waals surface area contributed by atoms with Crippen LogP contribution in [0.4, 0.5) is 20.2 Å². The van der Waals surface area contributed by atoms with Crippen LogP contribution in [-0.4, -0.2) is 82.9 Å². The van der Waals surface area contributed by atoms with Crippen LogP contribution in [0.15, 0.2) is 36.8 Å². The summed E-state index contributed by atoms with van der Waals surface area (Å²) in [5, 5.41) is 14.2. The SMILES string of the molecule is CC1Cc2cc(NC(=O)c3cnn4cccnc34)c(N3CCN(CC(F)F)CC3)cc2O1.CO. The van der Waals surface area contributed by atoms with Gasteiger partial charge in [-0.3, -0.25) is 9.69 Å². The van der Waals surface area contributed by atoms with E-state index in [4.69, 9.17) is 9.84 Å². The van der Waals surface area contributed by atoms with Gasteiger partial charge in [0.15, 0.2) is 5.65 Å². The van der Waals surface area contributed by atoms with Crippen molar-refractivity contribution in [3.05, 3.63) is 47.9 Å². The molecule has 1 amide bonds. The molecule has 5 rings (SSSR count). The first-order valence-corrected chi connectivity index (χ1v) is 11.1. The Kier molecular flexibility index (Phi) is 7.23. The molecule has 4 heterocycles. The molecule has 1 unspecified atom stereocenters. The number of ether oxygens (including phenoxy) is 1. The van der Waals surface area contributed by atoms with Crippen molar-refractivity contribution in [2.45, 2.75) is 25.9 Å². The van der Waals surface area contributed by atoms with Crippen LogP contribution in [0, 0.1) is 0 Å². The Balaban J connectivity index is 0.00000133. The number of halogens is 2. The number of aliphatic hydroxyl groups excluding tert-OH is 1. The van der Waals surface area contributed by atoms with Crippen LogP contribution >= 0.6 is 0 Å². The van der Waals surface area contributed by atoms with Crippen molar-refractivity contribution in [3.8, 4) is 5.75 Å². The Hall–Kier alpha value is -3.31. The van der Waals surface area contributed by atoms with Gasteiger partial charge in [0.2, 0.25) is 0 Å². The van der Waals surface area contributed by atoms with Crippen molar-refractivity contribution in [3.63, 3.8) is 0 Å². The standard InChI is InChI=1S/C22H24F2N6O2.CH4O/c1-14-9-15-10-17(27-22(31)16-12-26-30-4-2-3-25-21(16)30)18(11-19(15)32-14)29-7-5-28(6-8-29)13-20(23)24;1-2/h2-4,10-12,14,20H,5-9,13H2,1H3,(H,27,31);2H,1H3. The number of piperazine rings is 1. The first-order valence-electron chi connectivity index (χ1n) is 11.1. The quantitative estimate of drug-likeness (QED) is 0.586. The predicted molar refractivity (Wildman–Crippen MR) is 124 cm³/mol. The van der Waals surface area contributed by atoms with Crippen LogP contribution < -0.4 is 15.0 Å². The normalized spacial score (nSPS) is 17.8. The summed E-state index contributed by atoms with van der Waals surface area (Å²) in [4.78, 5) is 21.2. The highest BCUT2D eigenvalue weighted by molar-refractivity contribution is 6.09. The molecule has 182 valence electrons. The molecule has 0 saturated carbocycles. The van der Waals surface area contributed by atoms with E-state index in [-0.39, 0.29) is 18.6 Å². The minimum atomic E-state index is -2.34. The Morgan fingerprint density at radius 3 is 2.76 bits per heavy atom. The molecule has 34 heavy (non-hydrogen) atoms. The second kappa shape index (κ2) is 10.3. The average molecular weight is 475 g/mol. The summed E-state index contributed by atoms with van der Waals surface area (Å²) in [5.41, 5.74) is 3.39. The van der Waals surface area contributed by atoms with Crippen molar-refractivity contribution in [1.82, 2.24) is 19.5 Å². The summed E-state index contributed by atoms with van der Waals surface area (Å²) in [5.74, 6) is 0.501. The maximum absolute atomic E-state index is 13.1. The number of aliphatic hydroxyl groups is 1. The van der Waals surface area contributed by atoms with Gasteiger partial charge >= 0.3 is 0 Å². The fraction of sp³-hybridized carbons (Fsp3) is 0.435. The second-order valence-electron chi connectivity index (χ2n) is 8.19. The Morgan fingerprint density at radius 2 is 2.03 bits per heavy atom. The van der Waals surface area contributed by atoms with Gasteiger partial charge in [-0.1, -0.05) is 0 Å². The number of carbonyl (C=O) groups is 1. The number of hydrogen-bond acceptors (Lipinski definition) is 7. The summed E-state index contributed by atoms with van der Waals surface area (Å²) >= 11 is 0. The maximum Gasteiger partial charge on any atom is 0.261 e.